The molecule has 1 aliphatic carbocycles. The number of fused-ring (bicyclic) bond motifs is 4. The van der Waals surface area contributed by atoms with Crippen molar-refractivity contribution >= 4 is 33.9 Å². The monoisotopic (exact) mass is 576 g/mol. The average molecular weight is 577 g/mol. The third-order valence-electron chi connectivity index (χ3n) is 8.42. The van der Waals surface area contributed by atoms with Crippen LogP contribution in [0.2, 0.25) is 0 Å². The van der Waals surface area contributed by atoms with E-state index in [0.717, 1.165) is 45.8 Å². The van der Waals surface area contributed by atoms with Gasteiger partial charge in [-0.2, -0.15) is 0 Å². The molecule has 4 nitrogen and oxygen atoms in total. The second kappa shape index (κ2) is 10.7. The fraction of sp³-hybridized carbons (Fsp3) is 0.105. The summed E-state index contributed by atoms with van der Waals surface area (Å²) < 4.78 is 8.81. The first-order valence-electron chi connectivity index (χ1n) is 14.6. The average Bonchev–Trinajstić information content (AvgIpc) is 3.37. The highest BCUT2D eigenvalue weighted by Gasteiger charge is 2.32. The lowest BCUT2D eigenvalue weighted by Gasteiger charge is -2.30. The number of ether oxygens (including phenoxy) is 1. The summed E-state index contributed by atoms with van der Waals surface area (Å²) in [4.78, 5) is 19.9. The van der Waals surface area contributed by atoms with Gasteiger partial charge in [-0.25, -0.2) is 4.99 Å². The van der Waals surface area contributed by atoms with Gasteiger partial charge in [0.2, 0.25) is 0 Å². The Bertz CT molecular complexity index is 2220. The highest BCUT2D eigenvalue weighted by Crippen LogP contribution is 2.41. The Morgan fingerprint density at radius 2 is 1.63 bits per heavy atom. The molecule has 0 saturated carbocycles. The van der Waals surface area contributed by atoms with Crippen molar-refractivity contribution in [2.24, 2.45) is 4.99 Å². The van der Waals surface area contributed by atoms with Crippen LogP contribution in [0.4, 0.5) is 0 Å². The summed E-state index contributed by atoms with van der Waals surface area (Å²) in [5.74, 6) is 0.767. The first kappa shape index (κ1) is 25.7. The maximum Gasteiger partial charge on any atom is 0.271 e. The van der Waals surface area contributed by atoms with E-state index in [4.69, 9.17) is 9.73 Å². The fourth-order valence-corrected chi connectivity index (χ4v) is 7.38. The van der Waals surface area contributed by atoms with E-state index in [9.17, 15) is 4.79 Å². The molecule has 6 aromatic rings. The van der Waals surface area contributed by atoms with E-state index in [2.05, 4.69) is 78.9 Å². The van der Waals surface area contributed by atoms with Crippen LogP contribution in [0.5, 0.6) is 5.75 Å². The summed E-state index contributed by atoms with van der Waals surface area (Å²) in [6, 6.07) is 41.3. The molecule has 208 valence electrons. The van der Waals surface area contributed by atoms with Crippen LogP contribution in [0.3, 0.4) is 0 Å². The minimum atomic E-state index is -0.168. The van der Waals surface area contributed by atoms with Crippen molar-refractivity contribution in [3.05, 3.63) is 174 Å². The van der Waals surface area contributed by atoms with Crippen LogP contribution in [0.25, 0.3) is 22.5 Å². The highest BCUT2D eigenvalue weighted by atomic mass is 32.1. The van der Waals surface area contributed by atoms with Crippen LogP contribution < -0.4 is 19.6 Å². The molecule has 2 heterocycles. The number of hydrogen-bond acceptors (Lipinski definition) is 4. The van der Waals surface area contributed by atoms with Gasteiger partial charge in [0, 0.05) is 5.56 Å². The number of allylic oxidation sites excluding steroid dienone is 1. The van der Waals surface area contributed by atoms with Gasteiger partial charge in [0.1, 0.15) is 12.4 Å². The van der Waals surface area contributed by atoms with Gasteiger partial charge >= 0.3 is 0 Å². The molecule has 2 aliphatic rings. The smallest absolute Gasteiger partial charge is 0.271 e. The largest absolute Gasteiger partial charge is 0.489 e. The first-order valence-corrected chi connectivity index (χ1v) is 15.4. The molecule has 0 bridgehead atoms. The minimum Gasteiger partial charge on any atom is -0.489 e. The van der Waals surface area contributed by atoms with Gasteiger partial charge < -0.3 is 4.74 Å². The number of thiazole rings is 1. The van der Waals surface area contributed by atoms with Crippen LogP contribution >= 0.6 is 11.3 Å². The van der Waals surface area contributed by atoms with Crippen molar-refractivity contribution in [1.29, 1.82) is 0 Å². The molecule has 5 aromatic carbocycles. The zero-order valence-corrected chi connectivity index (χ0v) is 24.3. The number of benzene rings is 5. The van der Waals surface area contributed by atoms with Crippen LogP contribution in [0.1, 0.15) is 40.3 Å². The SMILES string of the molecule is O=c1/c(=C/c2cccc(OCc3cccc4ccccc34)c2)sc2n1[C@H](c1ccccc1)C1=C(N=2)c2ccccc2CC1. The Morgan fingerprint density at radius 3 is 2.56 bits per heavy atom. The maximum atomic E-state index is 14.1. The molecule has 8 rings (SSSR count). The second-order valence-corrected chi connectivity index (χ2v) is 12.0. The Kier molecular flexibility index (Phi) is 6.38. The van der Waals surface area contributed by atoms with Gasteiger partial charge in [-0.1, -0.05) is 121 Å². The fourth-order valence-electron chi connectivity index (χ4n) is 6.38. The van der Waals surface area contributed by atoms with E-state index in [-0.39, 0.29) is 11.6 Å². The van der Waals surface area contributed by atoms with Crippen LogP contribution in [0.15, 0.2) is 137 Å². The van der Waals surface area contributed by atoms with E-state index < -0.39 is 0 Å². The Hall–Kier alpha value is -5.00. The molecule has 0 saturated heterocycles. The van der Waals surface area contributed by atoms with Crippen LogP contribution in [-0.4, -0.2) is 4.57 Å². The van der Waals surface area contributed by atoms with Crippen molar-refractivity contribution < 1.29 is 4.74 Å². The molecule has 1 aromatic heterocycles. The maximum absolute atomic E-state index is 14.1. The van der Waals surface area contributed by atoms with Crippen molar-refractivity contribution in [2.75, 3.05) is 0 Å². The Balaban J connectivity index is 1.18. The Morgan fingerprint density at radius 1 is 0.837 bits per heavy atom. The molecule has 0 fully saturated rings. The van der Waals surface area contributed by atoms with Gasteiger partial charge in [-0.05, 0) is 69.6 Å². The molecule has 0 unspecified atom stereocenters. The standard InChI is InChI=1S/C38H28N2O2S/c41-37-34(23-25-10-8-17-30(22-25)42-24-29-16-9-15-26-11-4-6-18-31(26)29)43-38-39-35-32-19-7-5-12-27(32)20-21-33(35)36(40(37)38)28-13-2-1-3-14-28/h1-19,22-23,36H,20-21,24H2/b34-23-/t36-/m1/s1. The number of hydrogen-bond donors (Lipinski definition) is 0. The molecule has 43 heavy (non-hydrogen) atoms. The topological polar surface area (TPSA) is 43.6 Å². The lowest BCUT2D eigenvalue weighted by atomic mass is 9.83. The van der Waals surface area contributed by atoms with Crippen molar-refractivity contribution in [3.8, 4) is 5.75 Å². The minimum absolute atomic E-state index is 0.00918. The molecule has 1 aliphatic heterocycles. The molecule has 5 heteroatoms. The lowest BCUT2D eigenvalue weighted by Crippen LogP contribution is -2.38. The summed E-state index contributed by atoms with van der Waals surface area (Å²) >= 11 is 1.46. The third-order valence-corrected chi connectivity index (χ3v) is 9.40. The van der Waals surface area contributed by atoms with Gasteiger partial charge in [-0.3, -0.25) is 9.36 Å². The zero-order chi connectivity index (χ0) is 28.8. The van der Waals surface area contributed by atoms with Crippen molar-refractivity contribution in [2.45, 2.75) is 25.5 Å². The molecule has 1 atom stereocenters. The van der Waals surface area contributed by atoms with Crippen molar-refractivity contribution in [1.82, 2.24) is 4.57 Å². The van der Waals surface area contributed by atoms with E-state index in [1.807, 2.05) is 53.1 Å². The second-order valence-electron chi connectivity index (χ2n) is 11.0. The van der Waals surface area contributed by atoms with Gasteiger partial charge in [0.05, 0.1) is 16.3 Å². The predicted molar refractivity (Wildman–Crippen MR) is 174 cm³/mol. The van der Waals surface area contributed by atoms with E-state index in [1.54, 1.807) is 0 Å². The quantitative estimate of drug-likeness (QED) is 0.221. The van der Waals surface area contributed by atoms with Crippen LogP contribution in [0, 0.1) is 0 Å². The van der Waals surface area contributed by atoms with E-state index in [0.29, 0.717) is 11.1 Å². The Labute approximate surface area is 253 Å². The van der Waals surface area contributed by atoms with Gasteiger partial charge in [0.25, 0.3) is 5.56 Å². The summed E-state index contributed by atoms with van der Waals surface area (Å²) in [6.07, 6.45) is 3.80. The number of aromatic nitrogens is 1. The van der Waals surface area contributed by atoms with Gasteiger partial charge in [0.15, 0.2) is 4.80 Å². The lowest BCUT2D eigenvalue weighted by molar-refractivity contribution is 0.307. The van der Waals surface area contributed by atoms with Gasteiger partial charge in [-0.15, -0.1) is 0 Å². The molecule has 0 spiro atoms. The number of aryl methyl sites for hydroxylation is 1. The highest BCUT2D eigenvalue weighted by molar-refractivity contribution is 7.07. The first-order chi connectivity index (χ1) is 21.2. The van der Waals surface area contributed by atoms with E-state index >= 15 is 0 Å². The molecular formula is C38H28N2O2S. The molecule has 0 radical (unpaired) electrons. The molecular weight excluding hydrogens is 548 g/mol. The third kappa shape index (κ3) is 4.62. The van der Waals surface area contributed by atoms with Crippen molar-refractivity contribution in [3.63, 3.8) is 0 Å². The predicted octanol–water partition coefficient (Wildman–Crippen LogP) is 7.05. The number of nitrogens with zero attached hydrogens (tertiary/aromatic N) is 2. The van der Waals surface area contributed by atoms with E-state index in [1.165, 1.54) is 38.8 Å². The summed E-state index contributed by atoms with van der Waals surface area (Å²) in [5, 5.41) is 2.40. The zero-order valence-electron chi connectivity index (χ0n) is 23.4. The summed E-state index contributed by atoms with van der Waals surface area (Å²) in [5.41, 5.74) is 7.90. The summed E-state index contributed by atoms with van der Waals surface area (Å²) in [6.45, 7) is 0.469. The summed E-state index contributed by atoms with van der Waals surface area (Å²) in [7, 11) is 0. The normalized spacial score (nSPS) is 15.9. The number of rotatable bonds is 5. The molecule has 0 amide bonds. The molecule has 0 N–H and O–H groups in total. The van der Waals surface area contributed by atoms with Crippen LogP contribution in [-0.2, 0) is 13.0 Å².